The van der Waals surface area contributed by atoms with Crippen molar-refractivity contribution in [3.8, 4) is 5.88 Å². The summed E-state index contributed by atoms with van der Waals surface area (Å²) in [6, 6.07) is 3.58. The molecule has 0 bridgehead atoms. The van der Waals surface area contributed by atoms with Gasteiger partial charge in [-0.05, 0) is 33.8 Å². The summed E-state index contributed by atoms with van der Waals surface area (Å²) in [5.41, 5.74) is 0.821. The predicted molar refractivity (Wildman–Crippen MR) is 77.8 cm³/mol. The first-order valence-corrected chi connectivity index (χ1v) is 6.91. The molecule has 0 aromatic carbocycles. The average Bonchev–Trinajstić information content (AvgIpc) is 2.34. The lowest BCUT2D eigenvalue weighted by molar-refractivity contribution is 0.108. The SMILES string of the molecule is CCOCCOc1ccc(Cl)c(CNC(C)(C)C)n1. The summed E-state index contributed by atoms with van der Waals surface area (Å²) in [4.78, 5) is 4.40. The first-order valence-electron chi connectivity index (χ1n) is 6.53. The van der Waals surface area contributed by atoms with Crippen molar-refractivity contribution >= 4 is 11.6 Å². The van der Waals surface area contributed by atoms with Gasteiger partial charge in [0.15, 0.2) is 0 Å². The van der Waals surface area contributed by atoms with Crippen LogP contribution in [0.3, 0.4) is 0 Å². The third kappa shape index (κ3) is 6.76. The van der Waals surface area contributed by atoms with Crippen LogP contribution >= 0.6 is 11.6 Å². The Morgan fingerprint density at radius 3 is 2.63 bits per heavy atom. The lowest BCUT2D eigenvalue weighted by Gasteiger charge is -2.20. The van der Waals surface area contributed by atoms with E-state index in [2.05, 4.69) is 31.1 Å². The highest BCUT2D eigenvalue weighted by Gasteiger charge is 2.11. The van der Waals surface area contributed by atoms with Gasteiger partial charge in [-0.2, -0.15) is 0 Å². The van der Waals surface area contributed by atoms with Crippen molar-refractivity contribution in [3.63, 3.8) is 0 Å². The molecule has 1 aromatic rings. The fourth-order valence-electron chi connectivity index (χ4n) is 1.37. The van der Waals surface area contributed by atoms with Crippen LogP contribution in [0.25, 0.3) is 0 Å². The van der Waals surface area contributed by atoms with E-state index in [1.165, 1.54) is 0 Å². The zero-order valence-corrected chi connectivity index (χ0v) is 12.9. The number of ether oxygens (including phenoxy) is 2. The summed E-state index contributed by atoms with van der Waals surface area (Å²) < 4.78 is 10.7. The van der Waals surface area contributed by atoms with Crippen molar-refractivity contribution in [2.75, 3.05) is 19.8 Å². The normalized spacial score (nSPS) is 11.6. The quantitative estimate of drug-likeness (QED) is 0.783. The Balaban J connectivity index is 2.56. The first kappa shape index (κ1) is 16.2. The molecule has 0 unspecified atom stereocenters. The highest BCUT2D eigenvalue weighted by Crippen LogP contribution is 2.18. The van der Waals surface area contributed by atoms with Crippen molar-refractivity contribution in [3.05, 3.63) is 22.8 Å². The Hall–Kier alpha value is -0.840. The van der Waals surface area contributed by atoms with E-state index < -0.39 is 0 Å². The maximum Gasteiger partial charge on any atom is 0.213 e. The molecule has 1 aromatic heterocycles. The number of pyridine rings is 1. The van der Waals surface area contributed by atoms with Crippen LogP contribution in [-0.4, -0.2) is 30.3 Å². The maximum absolute atomic E-state index is 6.13. The molecule has 1 N–H and O–H groups in total. The van der Waals surface area contributed by atoms with Gasteiger partial charge in [0, 0.05) is 24.8 Å². The number of aromatic nitrogens is 1. The highest BCUT2D eigenvalue weighted by atomic mass is 35.5. The van der Waals surface area contributed by atoms with Gasteiger partial charge in [-0.25, -0.2) is 4.98 Å². The molecular weight excluding hydrogens is 264 g/mol. The lowest BCUT2D eigenvalue weighted by atomic mass is 10.1. The van der Waals surface area contributed by atoms with E-state index >= 15 is 0 Å². The molecule has 0 saturated heterocycles. The number of hydrogen-bond acceptors (Lipinski definition) is 4. The zero-order chi connectivity index (χ0) is 14.3. The summed E-state index contributed by atoms with van der Waals surface area (Å²) in [5, 5.41) is 4.00. The Bertz CT molecular complexity index is 392. The maximum atomic E-state index is 6.13. The Morgan fingerprint density at radius 2 is 2.00 bits per heavy atom. The van der Waals surface area contributed by atoms with Crippen molar-refractivity contribution in [1.82, 2.24) is 10.3 Å². The molecule has 19 heavy (non-hydrogen) atoms. The van der Waals surface area contributed by atoms with Crippen molar-refractivity contribution < 1.29 is 9.47 Å². The van der Waals surface area contributed by atoms with Crippen LogP contribution in [-0.2, 0) is 11.3 Å². The van der Waals surface area contributed by atoms with Crippen LogP contribution in [0.2, 0.25) is 5.02 Å². The van der Waals surface area contributed by atoms with E-state index in [0.29, 0.717) is 37.3 Å². The minimum atomic E-state index is 0.0246. The summed E-state index contributed by atoms with van der Waals surface area (Å²) >= 11 is 6.13. The molecule has 5 heteroatoms. The monoisotopic (exact) mass is 286 g/mol. The number of rotatable bonds is 7. The fraction of sp³-hybridized carbons (Fsp3) is 0.643. The van der Waals surface area contributed by atoms with Gasteiger partial charge in [0.1, 0.15) is 6.61 Å². The van der Waals surface area contributed by atoms with E-state index in [0.717, 1.165) is 5.69 Å². The van der Waals surface area contributed by atoms with Gasteiger partial charge in [-0.3, -0.25) is 0 Å². The summed E-state index contributed by atoms with van der Waals surface area (Å²) in [7, 11) is 0. The van der Waals surface area contributed by atoms with Gasteiger partial charge < -0.3 is 14.8 Å². The predicted octanol–water partition coefficient (Wildman–Crippen LogP) is 3.04. The fourth-order valence-corrected chi connectivity index (χ4v) is 1.54. The van der Waals surface area contributed by atoms with Crippen LogP contribution in [0, 0.1) is 0 Å². The first-order chi connectivity index (χ1) is 8.92. The van der Waals surface area contributed by atoms with Crippen molar-refractivity contribution in [2.24, 2.45) is 0 Å². The van der Waals surface area contributed by atoms with Gasteiger partial charge in [-0.15, -0.1) is 0 Å². The summed E-state index contributed by atoms with van der Waals surface area (Å²) in [6.07, 6.45) is 0. The third-order valence-electron chi connectivity index (χ3n) is 2.36. The van der Waals surface area contributed by atoms with E-state index in [-0.39, 0.29) is 5.54 Å². The van der Waals surface area contributed by atoms with Crippen LogP contribution in [0.1, 0.15) is 33.4 Å². The van der Waals surface area contributed by atoms with E-state index in [4.69, 9.17) is 21.1 Å². The van der Waals surface area contributed by atoms with Crippen molar-refractivity contribution in [1.29, 1.82) is 0 Å². The number of halogens is 1. The zero-order valence-electron chi connectivity index (χ0n) is 12.1. The number of nitrogens with zero attached hydrogens (tertiary/aromatic N) is 1. The van der Waals surface area contributed by atoms with Gasteiger partial charge in [0.2, 0.25) is 5.88 Å². The van der Waals surface area contributed by atoms with Crippen LogP contribution in [0.5, 0.6) is 5.88 Å². The van der Waals surface area contributed by atoms with Crippen LogP contribution < -0.4 is 10.1 Å². The van der Waals surface area contributed by atoms with Gasteiger partial charge in [0.05, 0.1) is 17.3 Å². The third-order valence-corrected chi connectivity index (χ3v) is 2.71. The van der Waals surface area contributed by atoms with Crippen LogP contribution in [0.4, 0.5) is 0 Å². The molecule has 0 radical (unpaired) electrons. The molecule has 0 aliphatic rings. The van der Waals surface area contributed by atoms with E-state index in [9.17, 15) is 0 Å². The molecule has 4 nitrogen and oxygen atoms in total. The molecule has 0 atom stereocenters. The van der Waals surface area contributed by atoms with Gasteiger partial charge >= 0.3 is 0 Å². The molecule has 1 heterocycles. The van der Waals surface area contributed by atoms with E-state index in [1.807, 2.05) is 13.0 Å². The summed E-state index contributed by atoms with van der Waals surface area (Å²) in [6.45, 7) is 10.6. The second kappa shape index (κ2) is 7.68. The second-order valence-corrected chi connectivity index (χ2v) is 5.63. The topological polar surface area (TPSA) is 43.4 Å². The molecule has 0 spiro atoms. The lowest BCUT2D eigenvalue weighted by Crippen LogP contribution is -2.35. The Labute approximate surface area is 120 Å². The largest absolute Gasteiger partial charge is 0.475 e. The minimum Gasteiger partial charge on any atom is -0.475 e. The molecule has 1 rings (SSSR count). The standard InChI is InChI=1S/C14H23ClN2O2/c1-5-18-8-9-19-13-7-6-11(15)12(17-13)10-16-14(2,3)4/h6-7,16H,5,8-10H2,1-4H3. The average molecular weight is 287 g/mol. The molecule has 108 valence electrons. The van der Waals surface area contributed by atoms with Gasteiger partial charge in [-0.1, -0.05) is 11.6 Å². The van der Waals surface area contributed by atoms with Crippen molar-refractivity contribution in [2.45, 2.75) is 39.8 Å². The summed E-state index contributed by atoms with van der Waals surface area (Å²) in [5.74, 6) is 0.579. The number of hydrogen-bond donors (Lipinski definition) is 1. The Kier molecular flexibility index (Phi) is 6.55. The second-order valence-electron chi connectivity index (χ2n) is 5.23. The number of nitrogens with one attached hydrogen (secondary N) is 1. The van der Waals surface area contributed by atoms with Gasteiger partial charge in [0.25, 0.3) is 0 Å². The highest BCUT2D eigenvalue weighted by molar-refractivity contribution is 6.31. The molecule has 0 saturated carbocycles. The minimum absolute atomic E-state index is 0.0246. The molecule has 0 aliphatic carbocycles. The Morgan fingerprint density at radius 1 is 1.26 bits per heavy atom. The molecule has 0 aliphatic heterocycles. The smallest absolute Gasteiger partial charge is 0.213 e. The van der Waals surface area contributed by atoms with E-state index in [1.54, 1.807) is 6.07 Å². The molecule has 0 amide bonds. The molecule has 0 fully saturated rings. The molecular formula is C14H23ClN2O2. The van der Waals surface area contributed by atoms with Crippen LogP contribution in [0.15, 0.2) is 12.1 Å².